The van der Waals surface area contributed by atoms with Crippen molar-refractivity contribution in [3.8, 4) is 0 Å². The molecule has 0 aromatic carbocycles. The van der Waals surface area contributed by atoms with E-state index in [2.05, 4.69) is 81.5 Å². The van der Waals surface area contributed by atoms with Crippen molar-refractivity contribution in [2.45, 2.75) is 361 Å². The number of hydrogen-bond acceptors (Lipinski definition) is 6. The molecule has 0 aliphatic carbocycles. The van der Waals surface area contributed by atoms with Crippen molar-refractivity contribution in [1.29, 1.82) is 0 Å². The summed E-state index contributed by atoms with van der Waals surface area (Å²) in [5, 5.41) is 0. The van der Waals surface area contributed by atoms with Crippen LogP contribution in [0.25, 0.3) is 0 Å². The minimum absolute atomic E-state index is 0.0664. The quantitative estimate of drug-likeness (QED) is 0.0261. The van der Waals surface area contributed by atoms with Gasteiger partial charge < -0.3 is 14.2 Å². The summed E-state index contributed by atoms with van der Waals surface area (Å²) < 4.78 is 16.9. The van der Waals surface area contributed by atoms with Crippen LogP contribution in [0.4, 0.5) is 0 Å². The zero-order chi connectivity index (χ0) is 55.7. The van der Waals surface area contributed by atoms with Crippen LogP contribution in [0.15, 0.2) is 60.8 Å². The van der Waals surface area contributed by atoms with Crippen molar-refractivity contribution >= 4 is 17.9 Å². The normalized spacial score (nSPS) is 12.4. The first-order valence-electron chi connectivity index (χ1n) is 33.8. The van der Waals surface area contributed by atoms with Gasteiger partial charge >= 0.3 is 17.9 Å². The molecule has 0 spiro atoms. The minimum atomic E-state index is -0.768. The van der Waals surface area contributed by atoms with Crippen molar-refractivity contribution in [2.75, 3.05) is 13.2 Å². The Morgan fingerprint density at radius 3 is 0.792 bits per heavy atom. The molecule has 0 radical (unpaired) electrons. The molecule has 0 saturated heterocycles. The molecule has 6 heteroatoms. The zero-order valence-electron chi connectivity index (χ0n) is 51.5. The van der Waals surface area contributed by atoms with Crippen molar-refractivity contribution in [1.82, 2.24) is 0 Å². The Hall–Kier alpha value is -2.89. The molecule has 0 heterocycles. The van der Waals surface area contributed by atoms with Gasteiger partial charge in [0, 0.05) is 19.3 Å². The molecule has 0 aliphatic rings. The Labute approximate surface area is 479 Å². The second-order valence-corrected chi connectivity index (χ2v) is 22.7. The molecule has 0 amide bonds. The average Bonchev–Trinajstić information content (AvgIpc) is 3.43. The fourth-order valence-corrected chi connectivity index (χ4v) is 10.0. The van der Waals surface area contributed by atoms with Gasteiger partial charge in [-0.05, 0) is 64.2 Å². The largest absolute Gasteiger partial charge is 0.462 e. The number of unbranched alkanes of at least 4 members (excludes halogenated alkanes) is 41. The molecule has 448 valence electrons. The van der Waals surface area contributed by atoms with E-state index in [0.717, 1.165) is 89.9 Å². The molecule has 0 rings (SSSR count). The van der Waals surface area contributed by atoms with Gasteiger partial charge in [0.2, 0.25) is 0 Å². The second kappa shape index (κ2) is 65.6. The molecule has 0 bridgehead atoms. The predicted molar refractivity (Wildman–Crippen MR) is 335 cm³/mol. The van der Waals surface area contributed by atoms with Gasteiger partial charge in [-0.1, -0.05) is 332 Å². The second-order valence-electron chi connectivity index (χ2n) is 22.7. The number of allylic oxidation sites excluding steroid dienone is 10. The Bertz CT molecular complexity index is 1380. The van der Waals surface area contributed by atoms with E-state index >= 15 is 0 Å². The minimum Gasteiger partial charge on any atom is -0.462 e. The lowest BCUT2D eigenvalue weighted by Crippen LogP contribution is -2.30. The number of carbonyl (C=O) groups excluding carboxylic acids is 3. The van der Waals surface area contributed by atoms with E-state index in [1.54, 1.807) is 0 Å². The van der Waals surface area contributed by atoms with Crippen LogP contribution in [-0.2, 0) is 28.6 Å². The third-order valence-corrected chi connectivity index (χ3v) is 15.0. The molecule has 1 unspecified atom stereocenters. The van der Waals surface area contributed by atoms with E-state index in [4.69, 9.17) is 14.2 Å². The number of carbonyl (C=O) groups is 3. The molecule has 6 nitrogen and oxygen atoms in total. The van der Waals surface area contributed by atoms with Crippen LogP contribution in [0.2, 0.25) is 0 Å². The topological polar surface area (TPSA) is 78.9 Å². The van der Waals surface area contributed by atoms with Gasteiger partial charge in [-0.25, -0.2) is 0 Å². The first kappa shape index (κ1) is 74.1. The van der Waals surface area contributed by atoms with Gasteiger partial charge in [-0.3, -0.25) is 14.4 Å². The molecular weight excluding hydrogens is 949 g/mol. The molecule has 0 saturated carbocycles. The van der Waals surface area contributed by atoms with Crippen molar-refractivity contribution in [3.05, 3.63) is 60.8 Å². The van der Waals surface area contributed by atoms with Crippen molar-refractivity contribution in [3.63, 3.8) is 0 Å². The first-order valence-corrected chi connectivity index (χ1v) is 33.8. The third kappa shape index (κ3) is 63.8. The smallest absolute Gasteiger partial charge is 0.306 e. The Morgan fingerprint density at radius 1 is 0.273 bits per heavy atom. The highest BCUT2D eigenvalue weighted by Crippen LogP contribution is 2.18. The van der Waals surface area contributed by atoms with Crippen LogP contribution in [0.1, 0.15) is 355 Å². The standard InChI is InChI=1S/C71H128O6/c1-4-7-10-13-16-19-22-24-26-27-28-29-30-31-32-33-34-35-36-37-38-39-40-41-42-43-45-46-49-52-55-58-61-64-70(73)76-67-68(66-75-69(72)63-60-57-54-51-48-21-18-15-12-9-6-3)77-71(74)65-62-59-56-53-50-47-44-25-23-20-17-14-11-8-5-2/h7,10,16,19,24,26,28-29,31-32,68H,4-6,8-9,11-15,17-18,20-23,25,27,30,33-67H2,1-3H3/b10-7-,19-16-,26-24-,29-28-,32-31-. The van der Waals surface area contributed by atoms with Crippen LogP contribution in [0.5, 0.6) is 0 Å². The lowest BCUT2D eigenvalue weighted by Gasteiger charge is -2.18. The van der Waals surface area contributed by atoms with Gasteiger partial charge in [0.05, 0.1) is 0 Å². The van der Waals surface area contributed by atoms with Gasteiger partial charge in [-0.2, -0.15) is 0 Å². The van der Waals surface area contributed by atoms with Crippen molar-refractivity contribution < 1.29 is 28.6 Å². The lowest BCUT2D eigenvalue weighted by atomic mass is 10.0. The maximum Gasteiger partial charge on any atom is 0.306 e. The monoisotopic (exact) mass is 1080 g/mol. The van der Waals surface area contributed by atoms with E-state index in [1.807, 2.05) is 0 Å². The van der Waals surface area contributed by atoms with Gasteiger partial charge in [0.15, 0.2) is 6.10 Å². The predicted octanol–water partition coefficient (Wildman–Crippen LogP) is 23.1. The summed E-state index contributed by atoms with van der Waals surface area (Å²) in [6.45, 7) is 6.57. The van der Waals surface area contributed by atoms with Crippen LogP contribution < -0.4 is 0 Å². The summed E-state index contributed by atoms with van der Waals surface area (Å²) in [5.41, 5.74) is 0. The SMILES string of the molecule is CC/C=C\C/C=C\C/C=C\C/C=C\C/C=C\CCCCCCCCCCCCCCCCCCCC(=O)OCC(COC(=O)CCCCCCCCCCCCC)OC(=O)CCCCCCCCCCCCCCCCC. The van der Waals surface area contributed by atoms with E-state index in [1.165, 1.54) is 225 Å². The van der Waals surface area contributed by atoms with Gasteiger partial charge in [0.25, 0.3) is 0 Å². The summed E-state index contributed by atoms with van der Waals surface area (Å²) in [7, 11) is 0. The fraction of sp³-hybridized carbons (Fsp3) is 0.817. The average molecular weight is 1080 g/mol. The van der Waals surface area contributed by atoms with Crippen LogP contribution in [0.3, 0.4) is 0 Å². The van der Waals surface area contributed by atoms with Crippen LogP contribution in [0, 0.1) is 0 Å². The molecule has 1 atom stereocenters. The summed E-state index contributed by atoms with van der Waals surface area (Å²) >= 11 is 0. The van der Waals surface area contributed by atoms with Crippen LogP contribution >= 0.6 is 0 Å². The number of rotatable bonds is 62. The molecular formula is C71H128O6. The Kier molecular flexibility index (Phi) is 63.2. The highest BCUT2D eigenvalue weighted by molar-refractivity contribution is 5.71. The highest BCUT2D eigenvalue weighted by atomic mass is 16.6. The summed E-state index contributed by atoms with van der Waals surface area (Å²) in [6, 6.07) is 0. The maximum absolute atomic E-state index is 12.9. The molecule has 0 N–H and O–H groups in total. The molecule has 0 aliphatic heterocycles. The highest BCUT2D eigenvalue weighted by Gasteiger charge is 2.19. The molecule has 77 heavy (non-hydrogen) atoms. The molecule has 0 aromatic heterocycles. The fourth-order valence-electron chi connectivity index (χ4n) is 10.0. The summed E-state index contributed by atoms with van der Waals surface area (Å²) in [4.78, 5) is 38.2. The van der Waals surface area contributed by atoms with Crippen molar-refractivity contribution in [2.24, 2.45) is 0 Å². The summed E-state index contributed by atoms with van der Waals surface area (Å²) in [5.74, 6) is -0.843. The van der Waals surface area contributed by atoms with E-state index in [9.17, 15) is 14.4 Å². The Balaban J connectivity index is 4.08. The van der Waals surface area contributed by atoms with Gasteiger partial charge in [-0.15, -0.1) is 0 Å². The van der Waals surface area contributed by atoms with E-state index in [0.29, 0.717) is 19.3 Å². The maximum atomic E-state index is 12.9. The van der Waals surface area contributed by atoms with Crippen LogP contribution in [-0.4, -0.2) is 37.2 Å². The number of hydrogen-bond donors (Lipinski definition) is 0. The van der Waals surface area contributed by atoms with E-state index < -0.39 is 6.10 Å². The lowest BCUT2D eigenvalue weighted by molar-refractivity contribution is -0.167. The number of ether oxygens (including phenoxy) is 3. The van der Waals surface area contributed by atoms with E-state index in [-0.39, 0.29) is 31.1 Å². The Morgan fingerprint density at radius 2 is 0.506 bits per heavy atom. The zero-order valence-corrected chi connectivity index (χ0v) is 51.5. The van der Waals surface area contributed by atoms with Gasteiger partial charge in [0.1, 0.15) is 13.2 Å². The molecule has 0 fully saturated rings. The number of esters is 3. The first-order chi connectivity index (χ1) is 38.0. The summed E-state index contributed by atoms with van der Waals surface area (Å²) in [6.07, 6.45) is 83.9. The third-order valence-electron chi connectivity index (χ3n) is 15.0. The molecule has 0 aromatic rings.